The van der Waals surface area contributed by atoms with E-state index in [4.69, 9.17) is 0 Å². The Morgan fingerprint density at radius 3 is 2.83 bits per heavy atom. The molecule has 0 amide bonds. The van der Waals surface area contributed by atoms with Crippen LogP contribution in [-0.2, 0) is 18.3 Å². The fourth-order valence-electron chi connectivity index (χ4n) is 2.21. The lowest BCUT2D eigenvalue weighted by atomic mass is 10.2. The van der Waals surface area contributed by atoms with Crippen molar-refractivity contribution < 1.29 is 13.2 Å². The van der Waals surface area contributed by atoms with Crippen LogP contribution in [0.5, 0.6) is 0 Å². The number of alkyl halides is 1. The van der Waals surface area contributed by atoms with Gasteiger partial charge >= 0.3 is 0 Å². The maximum atomic E-state index is 13.3. The first-order chi connectivity index (χ1) is 8.47. The summed E-state index contributed by atoms with van der Waals surface area (Å²) in [5, 5.41) is 3.97. The molecule has 1 fully saturated rings. The third-order valence-corrected chi connectivity index (χ3v) is 3.92. The highest BCUT2D eigenvalue weighted by molar-refractivity contribution is 7.80. The zero-order chi connectivity index (χ0) is 13.3. The van der Waals surface area contributed by atoms with Crippen LogP contribution in [0, 0.1) is 0 Å². The predicted molar refractivity (Wildman–Crippen MR) is 67.3 cm³/mol. The van der Waals surface area contributed by atoms with Gasteiger partial charge in [-0.15, -0.1) is 0 Å². The molecule has 2 rings (SSSR count). The van der Waals surface area contributed by atoms with Gasteiger partial charge in [-0.05, 0) is 13.5 Å². The summed E-state index contributed by atoms with van der Waals surface area (Å²) in [6.07, 6.45) is 2.72. The third-order valence-electron chi connectivity index (χ3n) is 3.18. The first-order valence-electron chi connectivity index (χ1n) is 5.69. The molecule has 8 heteroatoms. The lowest BCUT2D eigenvalue weighted by Gasteiger charge is -2.25. The van der Waals surface area contributed by atoms with E-state index in [-0.39, 0.29) is 6.04 Å². The van der Waals surface area contributed by atoms with Gasteiger partial charge < -0.3 is 0 Å². The summed E-state index contributed by atoms with van der Waals surface area (Å²) < 4.78 is 36.9. The van der Waals surface area contributed by atoms with Crippen LogP contribution < -0.4 is 4.31 Å². The molecule has 6 nitrogen and oxygen atoms in total. The second-order valence-electron chi connectivity index (χ2n) is 4.59. The van der Waals surface area contributed by atoms with Crippen LogP contribution in [0.15, 0.2) is 12.4 Å². The third kappa shape index (κ3) is 2.88. The van der Waals surface area contributed by atoms with Gasteiger partial charge in [0, 0.05) is 32.4 Å². The number of halogens is 1. The molecular formula is C10H17FN4O2S. The first kappa shape index (κ1) is 13.4. The number of anilines is 1. The minimum absolute atomic E-state index is 0.0590. The van der Waals surface area contributed by atoms with Crippen molar-refractivity contribution in [3.8, 4) is 0 Å². The van der Waals surface area contributed by atoms with Crippen molar-refractivity contribution in [1.29, 1.82) is 0 Å². The number of nitrogens with zero attached hydrogens (tertiary/aromatic N) is 4. The van der Waals surface area contributed by atoms with Gasteiger partial charge in [0.1, 0.15) is 6.17 Å². The van der Waals surface area contributed by atoms with E-state index in [9.17, 15) is 13.2 Å². The molecule has 1 aliphatic rings. The highest BCUT2D eigenvalue weighted by Gasteiger charge is 2.32. The summed E-state index contributed by atoms with van der Waals surface area (Å²) in [5.41, 5.74) is 0.564. The van der Waals surface area contributed by atoms with Gasteiger partial charge in [-0.3, -0.25) is 18.4 Å². The molecule has 1 unspecified atom stereocenters. The Labute approximate surface area is 108 Å². The van der Waals surface area contributed by atoms with Crippen molar-refractivity contribution >= 4 is 17.0 Å². The summed E-state index contributed by atoms with van der Waals surface area (Å²) in [5.74, 6) is 0. The van der Waals surface area contributed by atoms with Crippen LogP contribution in [0.25, 0.3) is 0 Å². The number of likely N-dealkylation sites (tertiary alicyclic amines) is 1. The maximum Gasteiger partial charge on any atom is 0.261 e. The van der Waals surface area contributed by atoms with Crippen molar-refractivity contribution in [1.82, 2.24) is 14.7 Å². The number of hydrogen-bond acceptors (Lipinski definition) is 3. The fraction of sp³-hybridized carbons (Fsp3) is 0.700. The van der Waals surface area contributed by atoms with E-state index in [1.54, 1.807) is 17.9 Å². The van der Waals surface area contributed by atoms with Gasteiger partial charge in [0.25, 0.3) is 11.3 Å². The van der Waals surface area contributed by atoms with Crippen LogP contribution in [0.1, 0.15) is 6.42 Å². The van der Waals surface area contributed by atoms with Gasteiger partial charge in [0.15, 0.2) is 0 Å². The smallest absolute Gasteiger partial charge is 0.261 e. The van der Waals surface area contributed by atoms with Crippen molar-refractivity contribution in [2.75, 3.05) is 24.4 Å². The molecule has 0 aliphatic carbocycles. The van der Waals surface area contributed by atoms with Crippen molar-refractivity contribution in [3.63, 3.8) is 0 Å². The molecule has 1 aromatic rings. The van der Waals surface area contributed by atoms with Crippen LogP contribution in [0.2, 0.25) is 0 Å². The summed E-state index contributed by atoms with van der Waals surface area (Å²) in [6, 6.07) is -0.0590. The Balaban J connectivity index is 2.10. The average molecular weight is 276 g/mol. The van der Waals surface area contributed by atoms with E-state index in [0.717, 1.165) is 0 Å². The Morgan fingerprint density at radius 2 is 2.39 bits per heavy atom. The number of likely N-dealkylation sites (N-methyl/N-ethyl adjacent to an activating group) is 1. The molecule has 1 N–H and O–H groups in total. The lowest BCUT2D eigenvalue weighted by Crippen LogP contribution is -2.39. The number of hydrogen-bond donors (Lipinski definition) is 1. The highest BCUT2D eigenvalue weighted by Crippen LogP contribution is 2.22. The van der Waals surface area contributed by atoms with E-state index in [1.807, 2.05) is 11.9 Å². The summed E-state index contributed by atoms with van der Waals surface area (Å²) in [4.78, 5) is 1.88. The molecule has 1 aliphatic heterocycles. The topological polar surface area (TPSA) is 61.6 Å². The number of aryl methyl sites for hydroxylation is 1. The monoisotopic (exact) mass is 276 g/mol. The zero-order valence-electron chi connectivity index (χ0n) is 10.4. The zero-order valence-corrected chi connectivity index (χ0v) is 11.2. The normalized spacial score (nSPS) is 26.4. The molecule has 18 heavy (non-hydrogen) atoms. The fourth-order valence-corrected chi connectivity index (χ4v) is 2.79. The van der Waals surface area contributed by atoms with Crippen LogP contribution in [0.3, 0.4) is 0 Å². The summed E-state index contributed by atoms with van der Waals surface area (Å²) in [7, 11) is 3.56. The van der Waals surface area contributed by atoms with E-state index in [1.165, 1.54) is 10.5 Å². The van der Waals surface area contributed by atoms with Crippen molar-refractivity contribution in [2.45, 2.75) is 18.6 Å². The molecule has 0 radical (unpaired) electrons. The van der Waals surface area contributed by atoms with Gasteiger partial charge in [0.05, 0.1) is 11.9 Å². The Bertz CT molecular complexity index is 441. The molecule has 0 saturated carbocycles. The summed E-state index contributed by atoms with van der Waals surface area (Å²) in [6.45, 7) is 0.690. The lowest BCUT2D eigenvalue weighted by molar-refractivity contribution is 0.297. The molecule has 2 heterocycles. The Morgan fingerprint density at radius 1 is 1.67 bits per heavy atom. The summed E-state index contributed by atoms with van der Waals surface area (Å²) >= 11 is -2.13. The van der Waals surface area contributed by atoms with Crippen molar-refractivity contribution in [2.24, 2.45) is 7.05 Å². The quantitative estimate of drug-likeness (QED) is 0.809. The van der Waals surface area contributed by atoms with Crippen LogP contribution in [-0.4, -0.2) is 55.8 Å². The molecule has 102 valence electrons. The Kier molecular flexibility index (Phi) is 3.98. The second-order valence-corrected chi connectivity index (χ2v) is 5.49. The van der Waals surface area contributed by atoms with Crippen molar-refractivity contribution in [3.05, 3.63) is 12.4 Å². The Hall–Kier alpha value is -0.990. The van der Waals surface area contributed by atoms with E-state index in [0.29, 0.717) is 25.2 Å². The van der Waals surface area contributed by atoms with Gasteiger partial charge in [-0.25, -0.2) is 8.60 Å². The molecule has 0 aromatic carbocycles. The van der Waals surface area contributed by atoms with E-state index in [2.05, 4.69) is 5.10 Å². The average Bonchev–Trinajstić information content (AvgIpc) is 2.81. The molecule has 1 saturated heterocycles. The molecule has 1 aromatic heterocycles. The highest BCUT2D eigenvalue weighted by atomic mass is 32.2. The maximum absolute atomic E-state index is 13.3. The second kappa shape index (κ2) is 5.33. The minimum atomic E-state index is -2.13. The molecule has 0 spiro atoms. The largest absolute Gasteiger partial charge is 0.299 e. The van der Waals surface area contributed by atoms with Gasteiger partial charge in [-0.2, -0.15) is 5.10 Å². The SMILES string of the molecule is CN1C[C@H](F)C[C@H]1CN(c1cnn(C)c1)S(=O)O. The van der Waals surface area contributed by atoms with Crippen LogP contribution >= 0.6 is 0 Å². The van der Waals surface area contributed by atoms with Gasteiger partial charge in [0.2, 0.25) is 0 Å². The minimum Gasteiger partial charge on any atom is -0.299 e. The number of rotatable bonds is 4. The number of aromatic nitrogens is 2. The molecule has 0 bridgehead atoms. The first-order valence-corrected chi connectivity index (χ1v) is 6.75. The van der Waals surface area contributed by atoms with E-state index >= 15 is 0 Å². The predicted octanol–water partition coefficient (Wildman–Crippen LogP) is 0.405. The van der Waals surface area contributed by atoms with Gasteiger partial charge in [-0.1, -0.05) is 0 Å². The standard InChI is InChI=1S/C10H17FN4O2S/c1-13-5-8(11)3-9(13)7-15(18(16)17)10-4-12-14(2)6-10/h4,6,8-9H,3,5,7H2,1-2H3,(H,16,17)/t8-,9+/m1/s1. The molecule has 3 atom stereocenters. The van der Waals surface area contributed by atoms with E-state index < -0.39 is 17.4 Å². The molecular weight excluding hydrogens is 259 g/mol. The van der Waals surface area contributed by atoms with Crippen LogP contribution in [0.4, 0.5) is 10.1 Å².